The molecule has 3 aromatic carbocycles. The Morgan fingerprint density at radius 3 is 2.41 bits per heavy atom. The standard InChI is InChI=1S/C27H25N5/c28-26-24-25(31-32(23-7-3-4-8-23)27(24)30-17-29-26)21-13-9-18(10-14-21)15-19-11-12-20-5-1-2-6-22(20)16-19/h1-2,5-6,9-14,16-17,23H,3-4,7-8,15H2,(H2,28,29,30). The third-order valence-corrected chi connectivity index (χ3v) is 6.64. The third kappa shape index (κ3) is 3.30. The Bertz CT molecular complexity index is 1410. The molecule has 1 aliphatic rings. The van der Waals surface area contributed by atoms with Crippen molar-refractivity contribution in [2.24, 2.45) is 0 Å². The highest BCUT2D eigenvalue weighted by Gasteiger charge is 2.24. The van der Waals surface area contributed by atoms with Gasteiger partial charge in [0, 0.05) is 5.56 Å². The smallest absolute Gasteiger partial charge is 0.164 e. The molecule has 0 spiro atoms. The normalized spacial score (nSPS) is 14.5. The van der Waals surface area contributed by atoms with E-state index in [1.54, 1.807) is 6.33 Å². The molecule has 0 saturated heterocycles. The van der Waals surface area contributed by atoms with Crippen LogP contribution in [0.25, 0.3) is 33.1 Å². The average molecular weight is 420 g/mol. The number of nitrogens with two attached hydrogens (primary N) is 1. The highest BCUT2D eigenvalue weighted by atomic mass is 15.3. The summed E-state index contributed by atoms with van der Waals surface area (Å²) in [4.78, 5) is 8.79. The second-order valence-corrected chi connectivity index (χ2v) is 8.74. The summed E-state index contributed by atoms with van der Waals surface area (Å²) < 4.78 is 2.08. The number of fused-ring (bicyclic) bond motifs is 2. The minimum absolute atomic E-state index is 0.396. The van der Waals surface area contributed by atoms with Gasteiger partial charge < -0.3 is 5.73 Å². The molecule has 2 heterocycles. The van der Waals surface area contributed by atoms with Crippen LogP contribution >= 0.6 is 0 Å². The summed E-state index contributed by atoms with van der Waals surface area (Å²) in [5.74, 6) is 0.495. The van der Waals surface area contributed by atoms with E-state index in [-0.39, 0.29) is 0 Å². The monoisotopic (exact) mass is 419 g/mol. The molecule has 1 aliphatic carbocycles. The van der Waals surface area contributed by atoms with Gasteiger partial charge in [0.1, 0.15) is 17.8 Å². The van der Waals surface area contributed by atoms with Gasteiger partial charge in [-0.1, -0.05) is 79.6 Å². The van der Waals surface area contributed by atoms with Gasteiger partial charge in [-0.05, 0) is 41.2 Å². The van der Waals surface area contributed by atoms with E-state index in [0.29, 0.717) is 11.9 Å². The van der Waals surface area contributed by atoms with E-state index in [9.17, 15) is 0 Å². The maximum Gasteiger partial charge on any atom is 0.164 e. The highest BCUT2D eigenvalue weighted by molar-refractivity contribution is 5.98. The fourth-order valence-electron chi connectivity index (χ4n) is 4.97. The van der Waals surface area contributed by atoms with Gasteiger partial charge in [-0.25, -0.2) is 14.6 Å². The van der Waals surface area contributed by atoms with Gasteiger partial charge >= 0.3 is 0 Å². The third-order valence-electron chi connectivity index (χ3n) is 6.64. The van der Waals surface area contributed by atoms with Crippen LogP contribution in [0, 0.1) is 0 Å². The molecule has 5 nitrogen and oxygen atoms in total. The van der Waals surface area contributed by atoms with Crippen LogP contribution in [0.5, 0.6) is 0 Å². The number of hydrogen-bond acceptors (Lipinski definition) is 4. The molecule has 0 aliphatic heterocycles. The zero-order valence-electron chi connectivity index (χ0n) is 17.9. The summed E-state index contributed by atoms with van der Waals surface area (Å²) in [6.45, 7) is 0. The Balaban J connectivity index is 1.34. The summed E-state index contributed by atoms with van der Waals surface area (Å²) in [7, 11) is 0. The van der Waals surface area contributed by atoms with Crippen LogP contribution in [0.3, 0.4) is 0 Å². The molecule has 0 atom stereocenters. The highest BCUT2D eigenvalue weighted by Crippen LogP contribution is 2.36. The molecule has 2 aromatic heterocycles. The quantitative estimate of drug-likeness (QED) is 0.392. The van der Waals surface area contributed by atoms with Gasteiger partial charge in [-0.15, -0.1) is 0 Å². The molecule has 0 bridgehead atoms. The number of rotatable bonds is 4. The summed E-state index contributed by atoms with van der Waals surface area (Å²) in [5, 5.41) is 8.40. The molecule has 0 radical (unpaired) electrons. The van der Waals surface area contributed by atoms with Gasteiger partial charge in [0.15, 0.2) is 5.65 Å². The Kier molecular flexibility index (Phi) is 4.60. The van der Waals surface area contributed by atoms with Gasteiger partial charge in [0.25, 0.3) is 0 Å². The van der Waals surface area contributed by atoms with Gasteiger partial charge in [-0.2, -0.15) is 5.10 Å². The number of anilines is 1. The molecule has 1 saturated carbocycles. The molecule has 1 fully saturated rings. The van der Waals surface area contributed by atoms with Crippen LogP contribution in [0.1, 0.15) is 42.9 Å². The maximum absolute atomic E-state index is 6.28. The second kappa shape index (κ2) is 7.75. The van der Waals surface area contributed by atoms with E-state index in [4.69, 9.17) is 10.8 Å². The van der Waals surface area contributed by atoms with Crippen molar-refractivity contribution in [3.8, 4) is 11.3 Å². The van der Waals surface area contributed by atoms with Crippen molar-refractivity contribution >= 4 is 27.6 Å². The SMILES string of the molecule is Nc1ncnc2c1c(-c1ccc(Cc3ccc4ccccc4c3)cc1)nn2C1CCCC1. The van der Waals surface area contributed by atoms with Crippen LogP contribution in [0.2, 0.25) is 0 Å². The lowest BCUT2D eigenvalue weighted by Gasteiger charge is -2.10. The van der Waals surface area contributed by atoms with E-state index in [2.05, 4.69) is 81.4 Å². The molecular weight excluding hydrogens is 394 g/mol. The number of hydrogen-bond donors (Lipinski definition) is 1. The summed E-state index contributed by atoms with van der Waals surface area (Å²) in [6, 6.07) is 24.2. The van der Waals surface area contributed by atoms with Crippen LogP contribution in [0.15, 0.2) is 73.1 Å². The summed E-state index contributed by atoms with van der Waals surface area (Å²) in [6.07, 6.45) is 7.21. The van der Waals surface area contributed by atoms with E-state index in [1.165, 1.54) is 34.7 Å². The molecular formula is C27H25N5. The van der Waals surface area contributed by atoms with Crippen molar-refractivity contribution in [3.05, 3.63) is 84.2 Å². The lowest BCUT2D eigenvalue weighted by Crippen LogP contribution is -2.07. The van der Waals surface area contributed by atoms with Crippen molar-refractivity contribution in [2.75, 3.05) is 5.73 Å². The largest absolute Gasteiger partial charge is 0.383 e. The molecule has 5 heteroatoms. The minimum atomic E-state index is 0.396. The molecule has 0 amide bonds. The van der Waals surface area contributed by atoms with Crippen molar-refractivity contribution < 1.29 is 0 Å². The predicted octanol–water partition coefficient (Wildman–Crippen LogP) is 5.93. The van der Waals surface area contributed by atoms with Crippen molar-refractivity contribution in [2.45, 2.75) is 38.1 Å². The van der Waals surface area contributed by atoms with E-state index < -0.39 is 0 Å². The van der Waals surface area contributed by atoms with E-state index in [0.717, 1.165) is 41.6 Å². The maximum atomic E-state index is 6.28. The molecule has 0 unspecified atom stereocenters. The van der Waals surface area contributed by atoms with Gasteiger partial charge in [-0.3, -0.25) is 0 Å². The molecule has 6 rings (SSSR count). The summed E-state index contributed by atoms with van der Waals surface area (Å²) in [5.41, 5.74) is 11.6. The fraction of sp³-hybridized carbons (Fsp3) is 0.222. The molecule has 158 valence electrons. The topological polar surface area (TPSA) is 69.6 Å². The molecule has 2 N–H and O–H groups in total. The minimum Gasteiger partial charge on any atom is -0.383 e. The van der Waals surface area contributed by atoms with Crippen LogP contribution in [-0.4, -0.2) is 19.7 Å². The average Bonchev–Trinajstić information content (AvgIpc) is 3.48. The zero-order valence-corrected chi connectivity index (χ0v) is 17.9. The van der Waals surface area contributed by atoms with Crippen LogP contribution in [0.4, 0.5) is 5.82 Å². The van der Waals surface area contributed by atoms with Crippen LogP contribution in [-0.2, 0) is 6.42 Å². The lowest BCUT2D eigenvalue weighted by molar-refractivity contribution is 0.479. The molecule has 5 aromatic rings. The Labute approximate surface area is 186 Å². The Hall–Kier alpha value is -3.73. The first-order valence-corrected chi connectivity index (χ1v) is 11.3. The number of aromatic nitrogens is 4. The second-order valence-electron chi connectivity index (χ2n) is 8.74. The van der Waals surface area contributed by atoms with Crippen molar-refractivity contribution in [1.29, 1.82) is 0 Å². The number of nitrogens with zero attached hydrogens (tertiary/aromatic N) is 4. The first kappa shape index (κ1) is 19.0. The van der Waals surface area contributed by atoms with E-state index in [1.807, 2.05) is 0 Å². The number of nitrogen functional groups attached to an aromatic ring is 1. The number of benzene rings is 3. The van der Waals surface area contributed by atoms with Gasteiger partial charge in [0.05, 0.1) is 11.4 Å². The first-order valence-electron chi connectivity index (χ1n) is 11.3. The zero-order chi connectivity index (χ0) is 21.5. The Morgan fingerprint density at radius 2 is 1.59 bits per heavy atom. The van der Waals surface area contributed by atoms with Crippen molar-refractivity contribution in [1.82, 2.24) is 19.7 Å². The summed E-state index contributed by atoms with van der Waals surface area (Å²) >= 11 is 0. The fourth-order valence-corrected chi connectivity index (χ4v) is 4.97. The molecule has 32 heavy (non-hydrogen) atoms. The van der Waals surface area contributed by atoms with E-state index >= 15 is 0 Å². The van der Waals surface area contributed by atoms with Gasteiger partial charge in [0.2, 0.25) is 0 Å². The van der Waals surface area contributed by atoms with Crippen LogP contribution < -0.4 is 5.73 Å². The first-order chi connectivity index (χ1) is 15.8. The Morgan fingerprint density at radius 1 is 0.844 bits per heavy atom. The van der Waals surface area contributed by atoms with Crippen molar-refractivity contribution in [3.63, 3.8) is 0 Å². The lowest BCUT2D eigenvalue weighted by atomic mass is 9.99. The predicted molar refractivity (Wildman–Crippen MR) is 129 cm³/mol.